The van der Waals surface area contributed by atoms with E-state index in [1.54, 1.807) is 36.4 Å². The number of tetrazole rings is 1. The summed E-state index contributed by atoms with van der Waals surface area (Å²) in [7, 11) is -0.788. The number of carbonyl (C=O) groups excluding carboxylic acids is 2. The van der Waals surface area contributed by atoms with Gasteiger partial charge < -0.3 is 10.6 Å². The number of hydrogen-bond donors (Lipinski definition) is 4. The van der Waals surface area contributed by atoms with E-state index in [-0.39, 0.29) is 16.3 Å². The van der Waals surface area contributed by atoms with Crippen LogP contribution in [0.5, 0.6) is 0 Å². The van der Waals surface area contributed by atoms with Gasteiger partial charge in [0.05, 0.1) is 10.9 Å². The van der Waals surface area contributed by atoms with Crippen molar-refractivity contribution in [2.45, 2.75) is 37.1 Å². The van der Waals surface area contributed by atoms with E-state index in [0.717, 1.165) is 21.0 Å². The van der Waals surface area contributed by atoms with Crippen molar-refractivity contribution in [3.8, 4) is 0 Å². The zero-order valence-electron chi connectivity index (χ0n) is 23.3. The second-order valence-electron chi connectivity index (χ2n) is 10.5. The van der Waals surface area contributed by atoms with E-state index in [1.807, 2.05) is 24.3 Å². The molecule has 0 bridgehead atoms. The molecule has 12 nitrogen and oxygen atoms in total. The second-order valence-corrected chi connectivity index (χ2v) is 12.7. The van der Waals surface area contributed by atoms with Crippen LogP contribution < -0.4 is 16.0 Å². The molecular formula is C28H32N8O4S. The molecule has 4 N–H and O–H groups in total. The quantitative estimate of drug-likeness (QED) is 0.247. The molecule has 4 rings (SSSR count). The number of anilines is 2. The summed E-state index contributed by atoms with van der Waals surface area (Å²) in [6.07, 6.45) is 0. The highest BCUT2D eigenvalue weighted by Crippen LogP contribution is 2.28. The third-order valence-corrected chi connectivity index (χ3v) is 8.14. The maximum absolute atomic E-state index is 13.2. The van der Waals surface area contributed by atoms with Crippen LogP contribution in [0.2, 0.25) is 0 Å². The number of H-pyrrole nitrogens is 1. The number of rotatable bonds is 8. The fourth-order valence-electron chi connectivity index (χ4n) is 3.99. The van der Waals surface area contributed by atoms with E-state index < -0.39 is 28.0 Å². The summed E-state index contributed by atoms with van der Waals surface area (Å²) in [6.45, 7) is 6.36. The van der Waals surface area contributed by atoms with Crippen LogP contribution in [0.1, 0.15) is 53.9 Å². The van der Waals surface area contributed by atoms with Gasteiger partial charge in [0.15, 0.2) is 0 Å². The van der Waals surface area contributed by atoms with Gasteiger partial charge in [-0.3, -0.25) is 10.1 Å². The van der Waals surface area contributed by atoms with E-state index in [4.69, 9.17) is 0 Å². The first-order chi connectivity index (χ1) is 19.3. The van der Waals surface area contributed by atoms with Gasteiger partial charge in [0.25, 0.3) is 11.9 Å². The summed E-state index contributed by atoms with van der Waals surface area (Å²) in [5.41, 5.74) is 3.32. The number of amides is 3. The Labute approximate surface area is 238 Å². The summed E-state index contributed by atoms with van der Waals surface area (Å²) in [5, 5.41) is 21.4. The predicted octanol–water partition coefficient (Wildman–Crippen LogP) is 3.91. The minimum Gasteiger partial charge on any atom is -0.327 e. The Morgan fingerprint density at radius 3 is 2.10 bits per heavy atom. The highest BCUT2D eigenvalue weighted by molar-refractivity contribution is 7.89. The van der Waals surface area contributed by atoms with Crippen molar-refractivity contribution in [1.82, 2.24) is 30.2 Å². The standard InChI is InChI=1S/C28H32N8O4S/c1-28(2,3)21-15-13-19(14-16-21)24(18-9-11-20(12-10-18)25(37)31-26-32-34-35-33-26)30-27(38)29-22-7-6-8-23(17-22)41(39,40)36(4)5/h6-17,24H,1-5H3,(H2,29,30,38)(H2,31,32,33,34,35,37). The fourth-order valence-corrected chi connectivity index (χ4v) is 4.94. The van der Waals surface area contributed by atoms with Crippen LogP contribution in [0.15, 0.2) is 77.7 Å². The molecule has 4 aromatic rings. The minimum absolute atomic E-state index is 0.0511. The first-order valence-corrected chi connectivity index (χ1v) is 14.1. The first kappa shape index (κ1) is 29.4. The zero-order valence-corrected chi connectivity index (χ0v) is 24.2. The van der Waals surface area contributed by atoms with Crippen LogP contribution in [-0.4, -0.2) is 59.4 Å². The Bertz CT molecular complexity index is 1610. The molecule has 1 atom stereocenters. The Morgan fingerprint density at radius 1 is 0.902 bits per heavy atom. The van der Waals surface area contributed by atoms with Gasteiger partial charge in [-0.2, -0.15) is 5.21 Å². The first-order valence-electron chi connectivity index (χ1n) is 12.7. The average Bonchev–Trinajstić information content (AvgIpc) is 3.44. The van der Waals surface area contributed by atoms with Crippen molar-refractivity contribution in [2.24, 2.45) is 0 Å². The Morgan fingerprint density at radius 2 is 1.54 bits per heavy atom. The normalized spacial score (nSPS) is 12.5. The van der Waals surface area contributed by atoms with Crippen molar-refractivity contribution in [1.29, 1.82) is 0 Å². The van der Waals surface area contributed by atoms with E-state index in [1.165, 1.54) is 26.2 Å². The lowest BCUT2D eigenvalue weighted by molar-refractivity contribution is 0.102. The molecule has 3 aromatic carbocycles. The second kappa shape index (κ2) is 11.9. The van der Waals surface area contributed by atoms with E-state index in [9.17, 15) is 18.0 Å². The molecule has 1 aromatic heterocycles. The highest BCUT2D eigenvalue weighted by atomic mass is 32.2. The Balaban J connectivity index is 1.59. The summed E-state index contributed by atoms with van der Waals surface area (Å²) in [5.74, 6) is -0.362. The molecular weight excluding hydrogens is 544 g/mol. The highest BCUT2D eigenvalue weighted by Gasteiger charge is 2.21. The molecule has 0 aliphatic heterocycles. The lowest BCUT2D eigenvalue weighted by Gasteiger charge is -2.23. The number of aromatic nitrogens is 4. The van der Waals surface area contributed by atoms with Gasteiger partial charge >= 0.3 is 6.03 Å². The molecule has 0 aliphatic rings. The molecule has 0 saturated carbocycles. The molecule has 214 valence electrons. The number of benzene rings is 3. The van der Waals surface area contributed by atoms with Crippen LogP contribution in [-0.2, 0) is 15.4 Å². The largest absolute Gasteiger partial charge is 0.327 e. The van der Waals surface area contributed by atoms with E-state index >= 15 is 0 Å². The van der Waals surface area contributed by atoms with Gasteiger partial charge in [-0.15, -0.1) is 5.10 Å². The van der Waals surface area contributed by atoms with Crippen LogP contribution in [0, 0.1) is 0 Å². The number of urea groups is 1. The zero-order chi connectivity index (χ0) is 29.8. The van der Waals surface area contributed by atoms with E-state index in [2.05, 4.69) is 57.3 Å². The third kappa shape index (κ3) is 7.13. The van der Waals surface area contributed by atoms with Crippen LogP contribution in [0.3, 0.4) is 0 Å². The smallest absolute Gasteiger partial charge is 0.319 e. The van der Waals surface area contributed by atoms with Gasteiger partial charge in [0.2, 0.25) is 10.0 Å². The lowest BCUT2D eigenvalue weighted by Crippen LogP contribution is -2.33. The monoisotopic (exact) mass is 576 g/mol. The molecule has 1 heterocycles. The Hall–Kier alpha value is -4.62. The average molecular weight is 577 g/mol. The minimum atomic E-state index is -3.67. The van der Waals surface area contributed by atoms with Gasteiger partial charge in [-0.1, -0.05) is 68.3 Å². The summed E-state index contributed by atoms with van der Waals surface area (Å²) >= 11 is 0. The van der Waals surface area contributed by atoms with Crippen molar-refractivity contribution in [3.05, 3.63) is 95.1 Å². The fraction of sp³-hybridized carbons (Fsp3) is 0.250. The van der Waals surface area contributed by atoms with Crippen molar-refractivity contribution >= 4 is 33.6 Å². The molecule has 0 aliphatic carbocycles. The van der Waals surface area contributed by atoms with Gasteiger partial charge in [-0.25, -0.2) is 17.5 Å². The maximum atomic E-state index is 13.2. The van der Waals surface area contributed by atoms with Crippen molar-refractivity contribution in [3.63, 3.8) is 0 Å². The van der Waals surface area contributed by atoms with Crippen molar-refractivity contribution < 1.29 is 18.0 Å². The van der Waals surface area contributed by atoms with Gasteiger partial charge in [0, 0.05) is 25.3 Å². The molecule has 41 heavy (non-hydrogen) atoms. The number of hydrogen-bond acceptors (Lipinski definition) is 7. The molecule has 1 unspecified atom stereocenters. The maximum Gasteiger partial charge on any atom is 0.319 e. The Kier molecular flexibility index (Phi) is 8.49. The molecule has 0 radical (unpaired) electrons. The van der Waals surface area contributed by atoms with Gasteiger partial charge in [-0.05, 0) is 57.7 Å². The number of sulfonamides is 1. The predicted molar refractivity (Wildman–Crippen MR) is 155 cm³/mol. The molecule has 0 fully saturated rings. The molecule has 13 heteroatoms. The SMILES string of the molecule is CN(C)S(=O)(=O)c1cccc(NC(=O)NC(c2ccc(C(=O)Nc3nn[nH]n3)cc2)c2ccc(C(C)(C)C)cc2)c1. The lowest BCUT2D eigenvalue weighted by atomic mass is 9.85. The van der Waals surface area contributed by atoms with Crippen LogP contribution in [0.4, 0.5) is 16.4 Å². The topological polar surface area (TPSA) is 162 Å². The van der Waals surface area contributed by atoms with E-state index in [0.29, 0.717) is 11.3 Å². The van der Waals surface area contributed by atoms with Gasteiger partial charge in [0.1, 0.15) is 0 Å². The number of aromatic amines is 1. The number of carbonyl (C=O) groups is 2. The summed E-state index contributed by atoms with van der Waals surface area (Å²) in [6, 6.07) is 19.6. The number of nitrogens with one attached hydrogen (secondary N) is 4. The third-order valence-electron chi connectivity index (χ3n) is 6.33. The summed E-state index contributed by atoms with van der Waals surface area (Å²) in [4.78, 5) is 25.8. The van der Waals surface area contributed by atoms with Crippen LogP contribution in [0.25, 0.3) is 0 Å². The number of nitrogens with zero attached hydrogens (tertiary/aromatic N) is 4. The molecule has 0 spiro atoms. The summed E-state index contributed by atoms with van der Waals surface area (Å²) < 4.78 is 26.2. The molecule has 0 saturated heterocycles. The molecule has 3 amide bonds. The van der Waals surface area contributed by atoms with Crippen molar-refractivity contribution in [2.75, 3.05) is 24.7 Å². The van der Waals surface area contributed by atoms with Crippen LogP contribution >= 0.6 is 0 Å².